The van der Waals surface area contributed by atoms with Gasteiger partial charge in [-0.1, -0.05) is 81.3 Å². The summed E-state index contributed by atoms with van der Waals surface area (Å²) >= 11 is 0. The third kappa shape index (κ3) is 11.7. The first-order chi connectivity index (χ1) is 19.1. The third-order valence-electron chi connectivity index (χ3n) is 6.59. The summed E-state index contributed by atoms with van der Waals surface area (Å²) in [5.74, 6) is -2.02. The number of alkyl halides is 3. The highest BCUT2D eigenvalue weighted by Crippen LogP contribution is 2.29. The molecule has 8 heteroatoms. The van der Waals surface area contributed by atoms with Gasteiger partial charge >= 0.3 is 0 Å². The van der Waals surface area contributed by atoms with Gasteiger partial charge < -0.3 is 16.4 Å². The highest BCUT2D eigenvalue weighted by Gasteiger charge is 2.25. The smallest absolute Gasteiger partial charge is 0.249 e. The molecule has 1 aliphatic carbocycles. The molecule has 41 heavy (non-hydrogen) atoms. The average Bonchev–Trinajstić information content (AvgIpc) is 2.86. The van der Waals surface area contributed by atoms with Gasteiger partial charge in [-0.2, -0.15) is 0 Å². The van der Waals surface area contributed by atoms with E-state index in [1.165, 1.54) is 12.4 Å². The lowest BCUT2D eigenvalue weighted by Crippen LogP contribution is -2.34. The van der Waals surface area contributed by atoms with Crippen molar-refractivity contribution in [2.45, 2.75) is 83.5 Å². The zero-order valence-electron chi connectivity index (χ0n) is 24.9. The number of halogens is 3. The Kier molecular flexibility index (Phi) is 12.0. The van der Waals surface area contributed by atoms with E-state index >= 15 is 0 Å². The van der Waals surface area contributed by atoms with Crippen molar-refractivity contribution in [3.63, 3.8) is 0 Å². The van der Waals surface area contributed by atoms with E-state index in [2.05, 4.69) is 40.4 Å². The second kappa shape index (κ2) is 14.7. The molecule has 1 aromatic rings. The average molecular weight is 568 g/mol. The van der Waals surface area contributed by atoms with Crippen LogP contribution in [0.5, 0.6) is 0 Å². The number of amidine groups is 1. The molecule has 3 unspecified atom stereocenters. The number of nitrogens with zero attached hydrogens (tertiary/aromatic N) is 2. The van der Waals surface area contributed by atoms with E-state index in [-0.39, 0.29) is 17.8 Å². The number of nitrogens with one attached hydrogen (secondary N) is 2. The van der Waals surface area contributed by atoms with Crippen molar-refractivity contribution >= 4 is 12.2 Å². The maximum atomic E-state index is 14.3. The Labute approximate surface area is 243 Å². The van der Waals surface area contributed by atoms with Gasteiger partial charge in [-0.3, -0.25) is 4.99 Å². The van der Waals surface area contributed by atoms with Crippen LogP contribution in [0.2, 0.25) is 0 Å². The Morgan fingerprint density at radius 3 is 2.44 bits per heavy atom. The zero-order chi connectivity index (χ0) is 30.8. The fourth-order valence-corrected chi connectivity index (χ4v) is 4.46. The Bertz CT molecular complexity index is 1240. The van der Waals surface area contributed by atoms with Gasteiger partial charge in [0.05, 0.1) is 11.9 Å². The number of hydrogen-bond donors (Lipinski definition) is 3. The number of rotatable bonds is 15. The zero-order valence-corrected chi connectivity index (χ0v) is 24.9. The molecule has 0 saturated carbocycles. The summed E-state index contributed by atoms with van der Waals surface area (Å²) in [6, 6.07) is 7.32. The summed E-state index contributed by atoms with van der Waals surface area (Å²) in [5.41, 5.74) is 8.75. The molecule has 1 aromatic carbocycles. The van der Waals surface area contributed by atoms with Crippen LogP contribution in [0.1, 0.15) is 64.5 Å². The summed E-state index contributed by atoms with van der Waals surface area (Å²) in [4.78, 5) is 8.44. The SMILES string of the molecule is C=C/C=C(/CC(C)(F)F)C(C)N=CN=C(N)C1=CCC(NC(=C)NC(=C)C(C)c2ccccc2CC(C)(C)F)C=C1. The molecular weight excluding hydrogens is 523 g/mol. The molecule has 0 bridgehead atoms. The summed E-state index contributed by atoms with van der Waals surface area (Å²) < 4.78 is 41.3. The molecule has 0 aromatic heterocycles. The van der Waals surface area contributed by atoms with Gasteiger partial charge in [0.2, 0.25) is 5.92 Å². The topological polar surface area (TPSA) is 74.8 Å². The number of nitrogens with two attached hydrogens (primary N) is 1. The normalized spacial score (nSPS) is 18.0. The number of benzene rings is 1. The van der Waals surface area contributed by atoms with Crippen LogP contribution in [0.25, 0.3) is 0 Å². The fourth-order valence-electron chi connectivity index (χ4n) is 4.46. The first kappa shape index (κ1) is 33.4. The lowest BCUT2D eigenvalue weighted by Gasteiger charge is -2.25. The first-order valence-corrected chi connectivity index (χ1v) is 13.7. The Morgan fingerprint density at radius 2 is 1.85 bits per heavy atom. The highest BCUT2D eigenvalue weighted by atomic mass is 19.3. The predicted octanol–water partition coefficient (Wildman–Crippen LogP) is 7.43. The molecule has 5 nitrogen and oxygen atoms in total. The Balaban J connectivity index is 1.93. The van der Waals surface area contributed by atoms with Gasteiger partial charge in [-0.25, -0.2) is 18.2 Å². The van der Waals surface area contributed by atoms with Gasteiger partial charge in [0.15, 0.2) is 0 Å². The second-order valence-electron chi connectivity index (χ2n) is 11.1. The van der Waals surface area contributed by atoms with E-state index in [9.17, 15) is 13.2 Å². The first-order valence-electron chi connectivity index (χ1n) is 13.7. The summed E-state index contributed by atoms with van der Waals surface area (Å²) in [5, 5.41) is 6.58. The van der Waals surface area contributed by atoms with Gasteiger partial charge in [-0.05, 0) is 50.8 Å². The van der Waals surface area contributed by atoms with Crippen LogP contribution in [0.3, 0.4) is 0 Å². The van der Waals surface area contributed by atoms with E-state index in [0.29, 0.717) is 24.2 Å². The summed E-state index contributed by atoms with van der Waals surface area (Å²) in [6.07, 6.45) is 10.7. The second-order valence-corrected chi connectivity index (χ2v) is 11.1. The van der Waals surface area contributed by atoms with E-state index < -0.39 is 24.1 Å². The molecule has 0 saturated heterocycles. The van der Waals surface area contributed by atoms with Gasteiger partial charge in [0.1, 0.15) is 17.8 Å². The number of aliphatic imine (C=N–C) groups is 2. The van der Waals surface area contributed by atoms with Crippen molar-refractivity contribution in [2.75, 3.05) is 0 Å². The molecule has 0 amide bonds. The van der Waals surface area contributed by atoms with Crippen molar-refractivity contribution < 1.29 is 13.2 Å². The van der Waals surface area contributed by atoms with Crippen molar-refractivity contribution in [3.8, 4) is 0 Å². The maximum absolute atomic E-state index is 14.3. The molecule has 0 spiro atoms. The van der Waals surface area contributed by atoms with E-state index in [1.807, 2.05) is 49.4 Å². The lowest BCUT2D eigenvalue weighted by molar-refractivity contribution is 0.0215. The summed E-state index contributed by atoms with van der Waals surface area (Å²) in [7, 11) is 0. The predicted molar refractivity (Wildman–Crippen MR) is 167 cm³/mol. The van der Waals surface area contributed by atoms with Gasteiger partial charge in [0, 0.05) is 36.1 Å². The van der Waals surface area contributed by atoms with Crippen LogP contribution in [0.15, 0.2) is 107 Å². The van der Waals surface area contributed by atoms with E-state index in [0.717, 1.165) is 29.3 Å². The van der Waals surface area contributed by atoms with Crippen LogP contribution in [-0.2, 0) is 6.42 Å². The van der Waals surface area contributed by atoms with E-state index in [1.54, 1.807) is 26.8 Å². The van der Waals surface area contributed by atoms with E-state index in [4.69, 9.17) is 5.73 Å². The monoisotopic (exact) mass is 567 g/mol. The maximum Gasteiger partial charge on any atom is 0.249 e. The van der Waals surface area contributed by atoms with Crippen molar-refractivity contribution in [1.82, 2.24) is 10.6 Å². The van der Waals surface area contributed by atoms with Gasteiger partial charge in [-0.15, -0.1) is 0 Å². The minimum atomic E-state index is -2.84. The molecule has 0 radical (unpaired) electrons. The lowest BCUT2D eigenvalue weighted by atomic mass is 9.88. The van der Waals surface area contributed by atoms with Crippen LogP contribution in [0.4, 0.5) is 13.2 Å². The Hall–Kier alpha value is -3.81. The summed E-state index contributed by atoms with van der Waals surface area (Å²) in [6.45, 7) is 19.7. The molecule has 1 aliphatic rings. The van der Waals surface area contributed by atoms with Crippen LogP contribution in [0, 0.1) is 0 Å². The number of allylic oxidation sites excluding steroid dienone is 3. The minimum absolute atomic E-state index is 0.0229. The Morgan fingerprint density at radius 1 is 1.17 bits per heavy atom. The molecular formula is C33H44F3N5. The van der Waals surface area contributed by atoms with Crippen molar-refractivity contribution in [3.05, 3.63) is 108 Å². The van der Waals surface area contributed by atoms with Crippen LogP contribution >= 0.6 is 0 Å². The van der Waals surface area contributed by atoms with Crippen LogP contribution in [-0.4, -0.2) is 35.8 Å². The van der Waals surface area contributed by atoms with Gasteiger partial charge in [0.25, 0.3) is 0 Å². The molecule has 0 aliphatic heterocycles. The van der Waals surface area contributed by atoms with Crippen LogP contribution < -0.4 is 16.4 Å². The molecule has 2 rings (SSSR count). The highest BCUT2D eigenvalue weighted by molar-refractivity contribution is 6.03. The molecule has 0 fully saturated rings. The van der Waals surface area contributed by atoms with Crippen molar-refractivity contribution in [1.29, 1.82) is 0 Å². The fraction of sp³-hybridized carbons (Fsp3) is 0.394. The number of hydrogen-bond acceptors (Lipinski definition) is 3. The third-order valence-corrected chi connectivity index (χ3v) is 6.59. The largest absolute Gasteiger partial charge is 0.383 e. The van der Waals surface area contributed by atoms with Crippen molar-refractivity contribution in [2.24, 2.45) is 15.7 Å². The quantitative estimate of drug-likeness (QED) is 0.117. The molecule has 222 valence electrons. The minimum Gasteiger partial charge on any atom is -0.383 e. The molecule has 0 heterocycles. The standard InChI is InChI=1S/C33H44F3N5/c1-9-12-27(20-33(8,35)36)24(4)38-21-39-31(37)26-15-17-29(18-16-26)41-25(5)40-23(3)22(2)30-14-11-10-13-28(30)19-32(6,7)34/h9-17,21-22,24,29,40-41H,1,3,5,18-20H2,2,4,6-8H3,(H2,37,38,39)/b27-12-. The molecule has 3 atom stereocenters. The molecule has 4 N–H and O–H groups in total.